The van der Waals surface area contributed by atoms with Crippen molar-refractivity contribution in [2.75, 3.05) is 0 Å². The quantitative estimate of drug-likeness (QED) is 0.382. The molecule has 0 N–H and O–H groups in total. The number of carbonyl (C=O) groups excluding carboxylic acids is 1. The van der Waals surface area contributed by atoms with Gasteiger partial charge in [0.05, 0.1) is 0 Å². The van der Waals surface area contributed by atoms with Crippen LogP contribution in [0.3, 0.4) is 0 Å². The molecule has 1 radical (unpaired) electrons. The van der Waals surface area contributed by atoms with Gasteiger partial charge >= 0.3 is 4.70 Å². The van der Waals surface area contributed by atoms with Crippen LogP contribution in [-0.2, 0) is 17.1 Å². The molecular formula is CCl2MnO. The van der Waals surface area contributed by atoms with Crippen molar-refractivity contribution in [1.82, 2.24) is 0 Å². The maximum atomic E-state index is 8.98. The first-order valence-electron chi connectivity index (χ1n) is 0.582. The summed E-state index contributed by atoms with van der Waals surface area (Å²) < 4.78 is -0.889. The van der Waals surface area contributed by atoms with Gasteiger partial charge in [-0.05, 0) is 23.2 Å². The Morgan fingerprint density at radius 2 is 1.40 bits per heavy atom. The molecule has 0 aliphatic rings. The Hall–Kier alpha value is 0.769. The van der Waals surface area contributed by atoms with E-state index in [1.54, 1.807) is 0 Å². The first-order valence-corrected chi connectivity index (χ1v) is 1.34. The van der Waals surface area contributed by atoms with Crippen LogP contribution >= 0.6 is 23.2 Å². The normalized spacial score (nSPS) is 5.20. The fourth-order valence-corrected chi connectivity index (χ4v) is 0. The first-order chi connectivity index (χ1) is 1.73. The van der Waals surface area contributed by atoms with Gasteiger partial charge in [-0.1, -0.05) is 0 Å². The largest absolute Gasteiger partial charge is 0.313 e. The maximum absolute atomic E-state index is 8.98. The van der Waals surface area contributed by atoms with E-state index in [9.17, 15) is 0 Å². The van der Waals surface area contributed by atoms with Crippen molar-refractivity contribution in [3.63, 3.8) is 0 Å². The van der Waals surface area contributed by atoms with Crippen molar-refractivity contribution in [2.45, 2.75) is 0 Å². The Labute approximate surface area is 50.1 Å². The predicted octanol–water partition coefficient (Wildman–Crippen LogP) is 1.58. The molecule has 31 valence electrons. The Kier molecular flexibility index (Phi) is 8.81. The second-order valence-electron chi connectivity index (χ2n) is 0.226. The summed E-state index contributed by atoms with van der Waals surface area (Å²) in [6.07, 6.45) is 0. The third-order valence-electron chi connectivity index (χ3n) is 0. The monoisotopic (exact) mass is 153 g/mol. The zero-order chi connectivity index (χ0) is 3.58. The van der Waals surface area contributed by atoms with Crippen molar-refractivity contribution in [2.24, 2.45) is 0 Å². The van der Waals surface area contributed by atoms with Gasteiger partial charge in [0.2, 0.25) is 0 Å². The summed E-state index contributed by atoms with van der Waals surface area (Å²) in [5.74, 6) is 0. The number of halogens is 2. The number of carbonyl (C=O) groups is 1. The van der Waals surface area contributed by atoms with Gasteiger partial charge in [0.15, 0.2) is 0 Å². The molecule has 0 fully saturated rings. The van der Waals surface area contributed by atoms with E-state index < -0.39 is 4.70 Å². The van der Waals surface area contributed by atoms with E-state index in [1.165, 1.54) is 0 Å². The summed E-state index contributed by atoms with van der Waals surface area (Å²) in [7, 11) is 0. The number of hydrogen-bond donors (Lipinski definition) is 0. The topological polar surface area (TPSA) is 17.1 Å². The molecular weight excluding hydrogens is 154 g/mol. The molecule has 4 heteroatoms. The van der Waals surface area contributed by atoms with Crippen LogP contribution in [0.4, 0.5) is 4.79 Å². The minimum absolute atomic E-state index is 0. The van der Waals surface area contributed by atoms with Crippen LogP contribution in [0.5, 0.6) is 0 Å². The molecule has 0 rings (SSSR count). The average molecular weight is 154 g/mol. The molecule has 0 amide bonds. The summed E-state index contributed by atoms with van der Waals surface area (Å²) >= 11 is 8.80. The molecule has 0 atom stereocenters. The minimum atomic E-state index is -0.889. The molecule has 5 heavy (non-hydrogen) atoms. The van der Waals surface area contributed by atoms with Crippen LogP contribution in [0.1, 0.15) is 0 Å². The molecule has 0 bridgehead atoms. The third-order valence-corrected chi connectivity index (χ3v) is 0. The maximum Gasteiger partial charge on any atom is 0.313 e. The number of hydrogen-bond acceptors (Lipinski definition) is 1. The Balaban J connectivity index is 0. The summed E-state index contributed by atoms with van der Waals surface area (Å²) in [5.41, 5.74) is 0. The van der Waals surface area contributed by atoms with Crippen molar-refractivity contribution in [1.29, 1.82) is 0 Å². The van der Waals surface area contributed by atoms with E-state index in [2.05, 4.69) is 23.2 Å². The SMILES string of the molecule is O=C(Cl)Cl.[Mn]. The molecule has 0 spiro atoms. The van der Waals surface area contributed by atoms with Gasteiger partial charge in [0.25, 0.3) is 0 Å². The minimum Gasteiger partial charge on any atom is -0.262 e. The van der Waals surface area contributed by atoms with Crippen LogP contribution in [0.15, 0.2) is 0 Å². The summed E-state index contributed by atoms with van der Waals surface area (Å²) in [4.78, 5) is 8.98. The van der Waals surface area contributed by atoms with Gasteiger partial charge in [0.1, 0.15) is 0 Å². The van der Waals surface area contributed by atoms with E-state index in [0.717, 1.165) is 0 Å². The molecule has 0 saturated heterocycles. The van der Waals surface area contributed by atoms with E-state index >= 15 is 0 Å². The van der Waals surface area contributed by atoms with Crippen LogP contribution in [0.2, 0.25) is 0 Å². The Morgan fingerprint density at radius 3 is 1.40 bits per heavy atom. The summed E-state index contributed by atoms with van der Waals surface area (Å²) in [6, 6.07) is 0. The van der Waals surface area contributed by atoms with Crippen LogP contribution in [-0.4, -0.2) is 4.70 Å². The summed E-state index contributed by atoms with van der Waals surface area (Å²) in [6.45, 7) is 0. The molecule has 0 aliphatic heterocycles. The van der Waals surface area contributed by atoms with E-state index in [-0.39, 0.29) is 17.1 Å². The Bertz CT molecular complexity index is 32.6. The molecule has 0 saturated carbocycles. The predicted molar refractivity (Wildman–Crippen MR) is 17.1 cm³/mol. The van der Waals surface area contributed by atoms with Crippen molar-refractivity contribution in [3.05, 3.63) is 0 Å². The van der Waals surface area contributed by atoms with Crippen molar-refractivity contribution in [3.8, 4) is 0 Å². The fourth-order valence-electron chi connectivity index (χ4n) is 0. The van der Waals surface area contributed by atoms with Crippen molar-refractivity contribution >= 4 is 27.9 Å². The van der Waals surface area contributed by atoms with Gasteiger partial charge in [0, 0.05) is 17.1 Å². The van der Waals surface area contributed by atoms with E-state index in [0.29, 0.717) is 0 Å². The van der Waals surface area contributed by atoms with E-state index in [1.807, 2.05) is 0 Å². The van der Waals surface area contributed by atoms with Gasteiger partial charge in [-0.25, -0.2) is 0 Å². The summed E-state index contributed by atoms with van der Waals surface area (Å²) in [5, 5.41) is 0. The molecule has 0 unspecified atom stereocenters. The standard InChI is InChI=1S/CCl2O.Mn/c2-1(3)4;. The zero-order valence-corrected chi connectivity index (χ0v) is 4.73. The van der Waals surface area contributed by atoms with E-state index in [4.69, 9.17) is 4.79 Å². The molecule has 0 aliphatic carbocycles. The third kappa shape index (κ3) is 61.8. The van der Waals surface area contributed by atoms with Crippen LogP contribution in [0, 0.1) is 0 Å². The first kappa shape index (κ1) is 9.24. The average Bonchev–Trinajstić information content (AvgIpc) is 0.811. The van der Waals surface area contributed by atoms with Gasteiger partial charge < -0.3 is 0 Å². The van der Waals surface area contributed by atoms with Crippen LogP contribution in [0.25, 0.3) is 0 Å². The molecule has 1 nitrogen and oxygen atoms in total. The fraction of sp³-hybridized carbons (Fsp3) is 0. The second-order valence-corrected chi connectivity index (χ2v) is 1.11. The molecule has 0 aromatic rings. The van der Waals surface area contributed by atoms with Gasteiger partial charge in [-0.2, -0.15) is 0 Å². The van der Waals surface area contributed by atoms with Crippen molar-refractivity contribution < 1.29 is 21.9 Å². The molecule has 0 aromatic heterocycles. The van der Waals surface area contributed by atoms with Crippen LogP contribution < -0.4 is 0 Å². The smallest absolute Gasteiger partial charge is 0.262 e. The second kappa shape index (κ2) is 4.77. The van der Waals surface area contributed by atoms with Gasteiger partial charge in [-0.15, -0.1) is 0 Å². The molecule has 0 heterocycles. The zero-order valence-electron chi connectivity index (χ0n) is 2.04. The van der Waals surface area contributed by atoms with Gasteiger partial charge in [-0.3, -0.25) is 4.79 Å². The Morgan fingerprint density at radius 1 is 1.40 bits per heavy atom. The molecule has 0 aromatic carbocycles. The number of rotatable bonds is 0.